The SMILES string of the molecule is CC(C(=O)c1ccc(C(=O)C2=C(c3ccc(Cl)cc3)S(=O)c3ccccc32)cc1)N1CCCCC1. The first-order valence-electron chi connectivity index (χ1n) is 11.9. The monoisotopic (exact) mass is 503 g/mol. The number of rotatable bonds is 6. The highest BCUT2D eigenvalue weighted by Gasteiger charge is 2.34. The highest BCUT2D eigenvalue weighted by atomic mass is 35.5. The van der Waals surface area contributed by atoms with Gasteiger partial charge in [-0.1, -0.05) is 72.6 Å². The summed E-state index contributed by atoms with van der Waals surface area (Å²) in [7, 11) is -1.48. The average molecular weight is 504 g/mol. The molecule has 1 fully saturated rings. The number of Topliss-reactive ketones (excluding diaryl/α,β-unsaturated/α-hetero) is 2. The number of ketones is 2. The maximum Gasteiger partial charge on any atom is 0.194 e. The fraction of sp³-hybridized carbons (Fsp3) is 0.241. The maximum atomic E-state index is 13.8. The van der Waals surface area contributed by atoms with Crippen molar-refractivity contribution in [3.63, 3.8) is 0 Å². The van der Waals surface area contributed by atoms with Crippen LogP contribution < -0.4 is 0 Å². The van der Waals surface area contributed by atoms with E-state index in [9.17, 15) is 13.8 Å². The molecule has 2 aliphatic rings. The van der Waals surface area contributed by atoms with Crippen molar-refractivity contribution in [3.05, 3.63) is 100 Å². The number of nitrogens with zero attached hydrogens (tertiary/aromatic N) is 1. The van der Waals surface area contributed by atoms with Crippen LogP contribution in [0.1, 0.15) is 58.0 Å². The van der Waals surface area contributed by atoms with E-state index < -0.39 is 10.8 Å². The number of hydrogen-bond acceptors (Lipinski definition) is 4. The number of halogens is 1. The van der Waals surface area contributed by atoms with Crippen LogP contribution in [0.15, 0.2) is 77.7 Å². The normalized spacial score (nSPS) is 18.9. The maximum absolute atomic E-state index is 13.8. The predicted molar refractivity (Wildman–Crippen MR) is 141 cm³/mol. The third kappa shape index (κ3) is 4.56. The van der Waals surface area contributed by atoms with Gasteiger partial charge >= 0.3 is 0 Å². The van der Waals surface area contributed by atoms with E-state index in [-0.39, 0.29) is 17.6 Å². The number of fused-ring (bicyclic) bond motifs is 1. The van der Waals surface area contributed by atoms with Gasteiger partial charge in [-0.15, -0.1) is 0 Å². The Balaban J connectivity index is 1.48. The van der Waals surface area contributed by atoms with Gasteiger partial charge in [0.1, 0.15) is 0 Å². The molecule has 178 valence electrons. The van der Waals surface area contributed by atoms with E-state index in [1.54, 1.807) is 54.6 Å². The molecule has 5 rings (SSSR count). The second kappa shape index (κ2) is 10.0. The van der Waals surface area contributed by atoms with Crippen LogP contribution in [0.3, 0.4) is 0 Å². The van der Waals surface area contributed by atoms with Gasteiger partial charge < -0.3 is 0 Å². The van der Waals surface area contributed by atoms with Crippen LogP contribution in [0.5, 0.6) is 0 Å². The first-order valence-corrected chi connectivity index (χ1v) is 13.4. The van der Waals surface area contributed by atoms with Gasteiger partial charge in [-0.25, -0.2) is 4.21 Å². The van der Waals surface area contributed by atoms with Crippen LogP contribution in [-0.4, -0.2) is 39.8 Å². The molecule has 0 amide bonds. The fourth-order valence-corrected chi connectivity index (χ4v) is 6.54. The molecule has 0 saturated carbocycles. The van der Waals surface area contributed by atoms with Crippen LogP contribution in [0.25, 0.3) is 10.5 Å². The molecule has 2 atom stereocenters. The Bertz CT molecular complexity index is 1340. The molecule has 3 aromatic rings. The van der Waals surface area contributed by atoms with Gasteiger partial charge in [0.2, 0.25) is 0 Å². The molecule has 2 heterocycles. The highest BCUT2D eigenvalue weighted by Crippen LogP contribution is 2.43. The average Bonchev–Trinajstić information content (AvgIpc) is 3.21. The Morgan fingerprint density at radius 3 is 2.17 bits per heavy atom. The lowest BCUT2D eigenvalue weighted by Crippen LogP contribution is -2.42. The van der Waals surface area contributed by atoms with Crippen LogP contribution >= 0.6 is 11.6 Å². The Morgan fingerprint density at radius 2 is 1.49 bits per heavy atom. The predicted octanol–water partition coefficient (Wildman–Crippen LogP) is 6.27. The molecule has 35 heavy (non-hydrogen) atoms. The van der Waals surface area contributed by atoms with Gasteiger partial charge in [-0.2, -0.15) is 0 Å². The number of likely N-dealkylation sites (tertiary alicyclic amines) is 1. The Kier molecular flexibility index (Phi) is 6.83. The minimum atomic E-state index is -1.48. The molecule has 0 N–H and O–H groups in total. The number of carbonyl (C=O) groups excluding carboxylic acids is 2. The standard InChI is InChI=1S/C29H26ClNO3S/c1-19(31-17-5-2-6-18-31)27(32)20-9-11-21(12-10-20)28(33)26-24-7-3-4-8-25(24)35(34)29(26)22-13-15-23(30)16-14-22/h3-4,7-16,19H,2,5-6,17-18H2,1H3. The lowest BCUT2D eigenvalue weighted by atomic mass is 9.93. The molecule has 0 radical (unpaired) electrons. The van der Waals surface area contributed by atoms with Gasteiger partial charge in [0.05, 0.1) is 26.6 Å². The van der Waals surface area contributed by atoms with E-state index in [0.29, 0.717) is 42.7 Å². The largest absolute Gasteiger partial charge is 0.294 e. The molecule has 0 aliphatic carbocycles. The van der Waals surface area contributed by atoms with Gasteiger partial charge in [-0.3, -0.25) is 14.5 Å². The second-order valence-electron chi connectivity index (χ2n) is 9.02. The van der Waals surface area contributed by atoms with Crippen molar-refractivity contribution in [1.82, 2.24) is 4.90 Å². The zero-order valence-electron chi connectivity index (χ0n) is 19.5. The van der Waals surface area contributed by atoms with Crippen LogP contribution in [0.4, 0.5) is 0 Å². The number of piperidine rings is 1. The molecular weight excluding hydrogens is 478 g/mol. The van der Waals surface area contributed by atoms with Gasteiger partial charge in [0, 0.05) is 27.3 Å². The van der Waals surface area contributed by atoms with Crippen molar-refractivity contribution in [3.8, 4) is 0 Å². The van der Waals surface area contributed by atoms with Crippen LogP contribution in [0, 0.1) is 0 Å². The van der Waals surface area contributed by atoms with E-state index in [1.807, 2.05) is 25.1 Å². The Labute approximate surface area is 213 Å². The van der Waals surface area contributed by atoms with Crippen LogP contribution in [-0.2, 0) is 10.8 Å². The quantitative estimate of drug-likeness (QED) is 0.372. The van der Waals surface area contributed by atoms with E-state index in [0.717, 1.165) is 25.9 Å². The Hall–Kier alpha value is -2.86. The molecule has 0 bridgehead atoms. The highest BCUT2D eigenvalue weighted by molar-refractivity contribution is 7.95. The van der Waals surface area contributed by atoms with Gasteiger partial charge in [0.25, 0.3) is 0 Å². The molecule has 1 saturated heterocycles. The summed E-state index contributed by atoms with van der Waals surface area (Å²) in [5, 5.41) is 0.572. The van der Waals surface area contributed by atoms with Crippen molar-refractivity contribution in [2.75, 3.05) is 13.1 Å². The number of allylic oxidation sites excluding steroid dienone is 1. The molecular formula is C29H26ClNO3S. The van der Waals surface area contributed by atoms with Gasteiger partial charge in [-0.05, 0) is 56.6 Å². The van der Waals surface area contributed by atoms with Crippen molar-refractivity contribution in [1.29, 1.82) is 0 Å². The van der Waals surface area contributed by atoms with E-state index in [4.69, 9.17) is 11.6 Å². The molecule has 4 nitrogen and oxygen atoms in total. The van der Waals surface area contributed by atoms with Crippen molar-refractivity contribution in [2.24, 2.45) is 0 Å². The Morgan fingerprint density at radius 1 is 0.857 bits per heavy atom. The minimum Gasteiger partial charge on any atom is -0.294 e. The smallest absolute Gasteiger partial charge is 0.194 e. The third-order valence-corrected chi connectivity index (χ3v) is 8.67. The topological polar surface area (TPSA) is 54.5 Å². The second-order valence-corrected chi connectivity index (χ2v) is 10.8. The number of benzene rings is 3. The van der Waals surface area contributed by atoms with Crippen molar-refractivity contribution < 1.29 is 13.8 Å². The fourth-order valence-electron chi connectivity index (χ4n) is 4.88. The lowest BCUT2D eigenvalue weighted by Gasteiger charge is -2.31. The zero-order chi connectivity index (χ0) is 24.5. The molecule has 2 unspecified atom stereocenters. The van der Waals surface area contributed by atoms with E-state index in [2.05, 4.69) is 4.90 Å². The summed E-state index contributed by atoms with van der Waals surface area (Å²) < 4.78 is 13.4. The molecule has 2 aliphatic heterocycles. The van der Waals surface area contributed by atoms with Crippen molar-refractivity contribution in [2.45, 2.75) is 37.1 Å². The molecule has 6 heteroatoms. The van der Waals surface area contributed by atoms with E-state index >= 15 is 0 Å². The third-order valence-electron chi connectivity index (χ3n) is 6.85. The van der Waals surface area contributed by atoms with E-state index in [1.165, 1.54) is 6.42 Å². The first kappa shape index (κ1) is 23.9. The summed E-state index contributed by atoms with van der Waals surface area (Å²) in [6, 6.07) is 21.0. The summed E-state index contributed by atoms with van der Waals surface area (Å²) >= 11 is 6.06. The molecule has 0 spiro atoms. The summed E-state index contributed by atoms with van der Waals surface area (Å²) in [6.07, 6.45) is 3.47. The first-order chi connectivity index (χ1) is 17.0. The summed E-state index contributed by atoms with van der Waals surface area (Å²) in [6.45, 7) is 3.85. The minimum absolute atomic E-state index is 0.0688. The zero-order valence-corrected chi connectivity index (χ0v) is 21.1. The summed E-state index contributed by atoms with van der Waals surface area (Å²) in [4.78, 5) is 30.2. The van der Waals surface area contributed by atoms with Gasteiger partial charge in [0.15, 0.2) is 11.6 Å². The molecule has 3 aromatic carbocycles. The lowest BCUT2D eigenvalue weighted by molar-refractivity contribution is 0.0808. The van der Waals surface area contributed by atoms with Crippen molar-refractivity contribution >= 4 is 44.4 Å². The molecule has 0 aromatic heterocycles. The summed E-state index contributed by atoms with van der Waals surface area (Å²) in [5.41, 5.74) is 2.88. The number of hydrogen-bond donors (Lipinski definition) is 0. The summed E-state index contributed by atoms with van der Waals surface area (Å²) in [5.74, 6) is -0.143. The number of carbonyl (C=O) groups is 2. The van der Waals surface area contributed by atoms with Crippen LogP contribution in [0.2, 0.25) is 5.02 Å².